The van der Waals surface area contributed by atoms with E-state index in [9.17, 15) is 0 Å². The third-order valence-corrected chi connectivity index (χ3v) is 3.03. The molecule has 0 aliphatic rings. The van der Waals surface area contributed by atoms with Gasteiger partial charge in [-0.1, -0.05) is 19.0 Å². The number of pyridine rings is 1. The zero-order chi connectivity index (χ0) is 13.0. The molecule has 2 unspecified atom stereocenters. The first-order chi connectivity index (χ1) is 8.72. The number of aromatic nitrogens is 3. The maximum absolute atomic E-state index is 5.32. The van der Waals surface area contributed by atoms with Crippen LogP contribution < -0.4 is 5.32 Å². The highest BCUT2D eigenvalue weighted by molar-refractivity contribution is 5.51. The van der Waals surface area contributed by atoms with Crippen molar-refractivity contribution in [2.24, 2.45) is 0 Å². The van der Waals surface area contributed by atoms with Crippen molar-refractivity contribution >= 4 is 0 Å². The topological polar surface area (TPSA) is 63.8 Å². The summed E-state index contributed by atoms with van der Waals surface area (Å²) in [6.07, 6.45) is 3.45. The van der Waals surface area contributed by atoms with Gasteiger partial charge in [0.15, 0.2) is 0 Å². The van der Waals surface area contributed by atoms with Crippen LogP contribution in [-0.2, 0) is 0 Å². The Kier molecular flexibility index (Phi) is 4.04. The third kappa shape index (κ3) is 2.73. The lowest BCUT2D eigenvalue weighted by molar-refractivity contribution is 0.332. The molecule has 0 fully saturated rings. The molecular formula is C13H18N4O. The molecule has 5 heteroatoms. The Bertz CT molecular complexity index is 483. The van der Waals surface area contributed by atoms with Gasteiger partial charge < -0.3 is 9.84 Å². The first kappa shape index (κ1) is 12.7. The van der Waals surface area contributed by atoms with Gasteiger partial charge in [-0.05, 0) is 25.6 Å². The molecule has 2 aromatic rings. The Labute approximate surface area is 107 Å². The van der Waals surface area contributed by atoms with Gasteiger partial charge >= 0.3 is 0 Å². The smallest absolute Gasteiger partial charge is 0.231 e. The Morgan fingerprint density at radius 3 is 2.89 bits per heavy atom. The minimum absolute atomic E-state index is 0.183. The van der Waals surface area contributed by atoms with E-state index < -0.39 is 0 Å². The normalized spacial score (nSPS) is 14.4. The lowest BCUT2D eigenvalue weighted by atomic mass is 10.0. The molecular weight excluding hydrogens is 228 g/mol. The summed E-state index contributed by atoms with van der Waals surface area (Å²) < 4.78 is 5.32. The second kappa shape index (κ2) is 5.73. The summed E-state index contributed by atoms with van der Waals surface area (Å²) in [5, 5.41) is 7.35. The molecule has 0 amide bonds. The number of nitrogens with one attached hydrogen (secondary N) is 1. The van der Waals surface area contributed by atoms with Crippen molar-refractivity contribution in [3.8, 4) is 11.4 Å². The van der Waals surface area contributed by atoms with Gasteiger partial charge in [0.2, 0.25) is 11.7 Å². The number of hydrogen-bond donors (Lipinski definition) is 1. The number of hydrogen-bond acceptors (Lipinski definition) is 5. The second-order valence-corrected chi connectivity index (χ2v) is 4.33. The maximum atomic E-state index is 5.32. The molecule has 2 aromatic heterocycles. The molecule has 0 aliphatic heterocycles. The van der Waals surface area contributed by atoms with Crippen molar-refractivity contribution in [3.63, 3.8) is 0 Å². The summed E-state index contributed by atoms with van der Waals surface area (Å²) in [7, 11) is 0. The third-order valence-electron chi connectivity index (χ3n) is 3.03. The van der Waals surface area contributed by atoms with Gasteiger partial charge in [-0.25, -0.2) is 0 Å². The Balaban J connectivity index is 2.15. The van der Waals surface area contributed by atoms with E-state index in [1.54, 1.807) is 12.4 Å². The number of nitrogens with zero attached hydrogens (tertiary/aromatic N) is 3. The van der Waals surface area contributed by atoms with Crippen LogP contribution in [0.5, 0.6) is 0 Å². The molecule has 0 spiro atoms. The van der Waals surface area contributed by atoms with E-state index in [1.165, 1.54) is 0 Å². The van der Waals surface area contributed by atoms with Crippen LogP contribution in [0.15, 0.2) is 29.0 Å². The van der Waals surface area contributed by atoms with Crippen molar-refractivity contribution in [1.82, 2.24) is 20.4 Å². The molecule has 0 aliphatic carbocycles. The SMILES string of the molecule is CCNC(C)C(C)c1nc(-c2cccnc2)no1. The van der Waals surface area contributed by atoms with Crippen LogP contribution in [0.3, 0.4) is 0 Å². The van der Waals surface area contributed by atoms with E-state index in [2.05, 4.69) is 41.2 Å². The zero-order valence-corrected chi connectivity index (χ0v) is 10.9. The monoisotopic (exact) mass is 246 g/mol. The van der Waals surface area contributed by atoms with Gasteiger partial charge in [0.25, 0.3) is 0 Å². The van der Waals surface area contributed by atoms with Crippen molar-refractivity contribution in [2.45, 2.75) is 32.7 Å². The van der Waals surface area contributed by atoms with Crippen LogP contribution in [0.2, 0.25) is 0 Å². The Morgan fingerprint density at radius 2 is 2.22 bits per heavy atom. The fraction of sp³-hybridized carbons (Fsp3) is 0.462. The van der Waals surface area contributed by atoms with Crippen LogP contribution >= 0.6 is 0 Å². The van der Waals surface area contributed by atoms with E-state index in [1.807, 2.05) is 12.1 Å². The summed E-state index contributed by atoms with van der Waals surface area (Å²) in [4.78, 5) is 8.47. The molecule has 0 aromatic carbocycles. The molecule has 2 heterocycles. The average Bonchev–Trinajstić information content (AvgIpc) is 2.89. The first-order valence-corrected chi connectivity index (χ1v) is 6.19. The van der Waals surface area contributed by atoms with Gasteiger partial charge in [-0.2, -0.15) is 4.98 Å². The maximum Gasteiger partial charge on any atom is 0.231 e. The van der Waals surface area contributed by atoms with E-state index in [4.69, 9.17) is 4.52 Å². The van der Waals surface area contributed by atoms with Crippen molar-refractivity contribution in [1.29, 1.82) is 0 Å². The summed E-state index contributed by atoms with van der Waals surface area (Å²) in [5.41, 5.74) is 0.871. The number of likely N-dealkylation sites (N-methyl/N-ethyl adjacent to an activating group) is 1. The lowest BCUT2D eigenvalue weighted by Gasteiger charge is -2.16. The number of rotatable bonds is 5. The van der Waals surface area contributed by atoms with E-state index >= 15 is 0 Å². The largest absolute Gasteiger partial charge is 0.339 e. The van der Waals surface area contributed by atoms with Crippen molar-refractivity contribution < 1.29 is 4.52 Å². The molecule has 0 saturated heterocycles. The molecule has 0 bridgehead atoms. The molecule has 0 radical (unpaired) electrons. The molecule has 0 saturated carbocycles. The minimum atomic E-state index is 0.183. The Morgan fingerprint density at radius 1 is 1.39 bits per heavy atom. The minimum Gasteiger partial charge on any atom is -0.339 e. The van der Waals surface area contributed by atoms with Gasteiger partial charge in [0.1, 0.15) is 0 Å². The summed E-state index contributed by atoms with van der Waals surface area (Å²) in [6, 6.07) is 4.08. The van der Waals surface area contributed by atoms with Crippen LogP contribution in [0.1, 0.15) is 32.6 Å². The van der Waals surface area contributed by atoms with Crippen molar-refractivity contribution in [3.05, 3.63) is 30.4 Å². The Hall–Kier alpha value is -1.75. The van der Waals surface area contributed by atoms with Gasteiger partial charge in [0, 0.05) is 24.0 Å². The first-order valence-electron chi connectivity index (χ1n) is 6.19. The summed E-state index contributed by atoms with van der Waals surface area (Å²) >= 11 is 0. The standard InChI is InChI=1S/C13H18N4O/c1-4-15-10(3)9(2)13-16-12(17-18-13)11-6-5-7-14-8-11/h5-10,15H,4H2,1-3H3. The predicted molar refractivity (Wildman–Crippen MR) is 69.1 cm³/mol. The molecule has 5 nitrogen and oxygen atoms in total. The highest BCUT2D eigenvalue weighted by Crippen LogP contribution is 2.21. The van der Waals surface area contributed by atoms with Gasteiger partial charge in [-0.15, -0.1) is 0 Å². The molecule has 2 atom stereocenters. The van der Waals surface area contributed by atoms with E-state index in [0.29, 0.717) is 17.8 Å². The predicted octanol–water partition coefficient (Wildman–Crippen LogP) is 2.23. The zero-order valence-electron chi connectivity index (χ0n) is 10.9. The quantitative estimate of drug-likeness (QED) is 0.876. The van der Waals surface area contributed by atoms with Crippen molar-refractivity contribution in [2.75, 3.05) is 6.54 Å². The van der Waals surface area contributed by atoms with Crippen LogP contribution in [0.25, 0.3) is 11.4 Å². The van der Waals surface area contributed by atoms with Crippen LogP contribution in [-0.4, -0.2) is 27.7 Å². The van der Waals surface area contributed by atoms with Gasteiger partial charge in [-0.3, -0.25) is 4.98 Å². The highest BCUT2D eigenvalue weighted by Gasteiger charge is 2.20. The molecule has 96 valence electrons. The van der Waals surface area contributed by atoms with Crippen LogP contribution in [0, 0.1) is 0 Å². The summed E-state index contributed by atoms with van der Waals surface area (Å²) in [6.45, 7) is 7.20. The van der Waals surface area contributed by atoms with E-state index in [0.717, 1.165) is 12.1 Å². The lowest BCUT2D eigenvalue weighted by Crippen LogP contribution is -2.30. The average molecular weight is 246 g/mol. The molecule has 18 heavy (non-hydrogen) atoms. The fourth-order valence-corrected chi connectivity index (χ4v) is 1.75. The molecule has 1 N–H and O–H groups in total. The second-order valence-electron chi connectivity index (χ2n) is 4.33. The van der Waals surface area contributed by atoms with Gasteiger partial charge in [0.05, 0.1) is 5.92 Å². The fourth-order valence-electron chi connectivity index (χ4n) is 1.75. The van der Waals surface area contributed by atoms with Crippen LogP contribution in [0.4, 0.5) is 0 Å². The highest BCUT2D eigenvalue weighted by atomic mass is 16.5. The van der Waals surface area contributed by atoms with E-state index in [-0.39, 0.29) is 5.92 Å². The molecule has 2 rings (SSSR count). The summed E-state index contributed by atoms with van der Waals surface area (Å²) in [5.74, 6) is 1.43.